The molecule has 0 spiro atoms. The number of thiophene rings is 2. The Balaban J connectivity index is 1.97. The monoisotopic (exact) mass is 444 g/mol. The second-order valence-electron chi connectivity index (χ2n) is 5.51. The molecule has 0 atom stereocenters. The van der Waals surface area contributed by atoms with Crippen LogP contribution in [0.1, 0.15) is 20.8 Å². The van der Waals surface area contributed by atoms with Crippen LogP contribution in [0.5, 0.6) is 0 Å². The predicted octanol–water partition coefficient (Wildman–Crippen LogP) is 5.60. The first kappa shape index (κ1) is 19.6. The average Bonchev–Trinajstić information content (AvgIpc) is 3.07. The molecule has 3 aromatic heterocycles. The van der Waals surface area contributed by atoms with Gasteiger partial charge in [-0.05, 0) is 25.5 Å². The summed E-state index contributed by atoms with van der Waals surface area (Å²) in [5.74, 6) is -0.0354. The van der Waals surface area contributed by atoms with Gasteiger partial charge in [-0.2, -0.15) is 0 Å². The summed E-state index contributed by atoms with van der Waals surface area (Å²) in [7, 11) is 0. The van der Waals surface area contributed by atoms with E-state index in [1.807, 2.05) is 13.8 Å². The number of halogens is 2. The van der Waals surface area contributed by atoms with Crippen LogP contribution in [0.3, 0.4) is 0 Å². The fraction of sp³-hybridized carbons (Fsp3) is 0.235. The standard InChI is InChI=1S/C17H14Cl2N2O2S3/c1-4-5-21-16(23)13-8(2)9(3)25-15(13)20-17(21)24-7-11(22)10-6-12(18)26-14(10)19/h4,6H,1,5,7H2,2-3H3. The Bertz CT molecular complexity index is 1080. The number of hydrogen-bond donors (Lipinski definition) is 0. The molecule has 0 saturated heterocycles. The van der Waals surface area contributed by atoms with Gasteiger partial charge in [0.05, 0.1) is 15.5 Å². The fourth-order valence-corrected chi connectivity index (χ4v) is 5.91. The summed E-state index contributed by atoms with van der Waals surface area (Å²) >= 11 is 15.8. The molecule has 4 nitrogen and oxygen atoms in total. The van der Waals surface area contributed by atoms with Crippen molar-refractivity contribution in [2.45, 2.75) is 25.5 Å². The molecule has 0 aliphatic carbocycles. The van der Waals surface area contributed by atoms with E-state index in [1.54, 1.807) is 16.7 Å². The number of thioether (sulfide) groups is 1. The summed E-state index contributed by atoms with van der Waals surface area (Å²) < 4.78 is 2.39. The van der Waals surface area contributed by atoms with Gasteiger partial charge in [-0.25, -0.2) is 4.98 Å². The molecule has 0 saturated carbocycles. The van der Waals surface area contributed by atoms with Crippen molar-refractivity contribution < 1.29 is 4.79 Å². The highest BCUT2D eigenvalue weighted by atomic mass is 35.5. The van der Waals surface area contributed by atoms with Crippen molar-refractivity contribution in [3.63, 3.8) is 0 Å². The SMILES string of the molecule is C=CCn1c(SCC(=O)c2cc(Cl)sc2Cl)nc2sc(C)c(C)c2c1=O. The smallest absolute Gasteiger partial charge is 0.263 e. The van der Waals surface area contributed by atoms with E-state index >= 15 is 0 Å². The number of nitrogens with zero attached hydrogens (tertiary/aromatic N) is 2. The number of aromatic nitrogens is 2. The van der Waals surface area contributed by atoms with Gasteiger partial charge in [-0.3, -0.25) is 14.2 Å². The zero-order chi connectivity index (χ0) is 19.0. The molecule has 26 heavy (non-hydrogen) atoms. The molecule has 0 amide bonds. The lowest BCUT2D eigenvalue weighted by atomic mass is 10.2. The third-order valence-corrected chi connectivity index (χ3v) is 7.42. The first-order chi connectivity index (χ1) is 12.3. The zero-order valence-electron chi connectivity index (χ0n) is 14.0. The zero-order valence-corrected chi connectivity index (χ0v) is 17.9. The maximum atomic E-state index is 12.9. The molecule has 0 fully saturated rings. The third-order valence-electron chi connectivity index (χ3n) is 3.85. The number of aryl methyl sites for hydroxylation is 2. The van der Waals surface area contributed by atoms with Gasteiger partial charge >= 0.3 is 0 Å². The second-order valence-corrected chi connectivity index (χ2v) is 9.94. The van der Waals surface area contributed by atoms with Crippen LogP contribution in [0.4, 0.5) is 0 Å². The summed E-state index contributed by atoms with van der Waals surface area (Å²) in [4.78, 5) is 31.7. The maximum absolute atomic E-state index is 12.9. The molecule has 0 N–H and O–H groups in total. The van der Waals surface area contributed by atoms with Crippen molar-refractivity contribution in [2.24, 2.45) is 0 Å². The van der Waals surface area contributed by atoms with Crippen molar-refractivity contribution >= 4 is 73.6 Å². The normalized spacial score (nSPS) is 11.2. The van der Waals surface area contributed by atoms with Gasteiger partial charge in [0, 0.05) is 17.0 Å². The Kier molecular flexibility index (Phi) is 5.94. The molecular formula is C17H14Cl2N2O2S3. The molecule has 136 valence electrons. The minimum atomic E-state index is -0.152. The van der Waals surface area contributed by atoms with Gasteiger partial charge in [0.25, 0.3) is 5.56 Å². The molecule has 3 rings (SSSR count). The van der Waals surface area contributed by atoms with Gasteiger partial charge in [-0.1, -0.05) is 41.0 Å². The molecule has 3 heterocycles. The molecule has 0 radical (unpaired) electrons. The summed E-state index contributed by atoms with van der Waals surface area (Å²) in [5, 5.41) is 1.13. The van der Waals surface area contributed by atoms with Crippen LogP contribution in [0.2, 0.25) is 8.67 Å². The highest BCUT2D eigenvalue weighted by Crippen LogP contribution is 2.33. The van der Waals surface area contributed by atoms with Gasteiger partial charge in [0.15, 0.2) is 10.9 Å². The minimum absolute atomic E-state index is 0.108. The van der Waals surface area contributed by atoms with Crippen LogP contribution in [-0.2, 0) is 6.54 Å². The predicted molar refractivity (Wildman–Crippen MR) is 113 cm³/mol. The molecule has 0 aliphatic heterocycles. The Morgan fingerprint density at radius 3 is 2.73 bits per heavy atom. The van der Waals surface area contributed by atoms with Crippen LogP contribution >= 0.6 is 57.6 Å². The third kappa shape index (κ3) is 3.64. The quantitative estimate of drug-likeness (QED) is 0.214. The van der Waals surface area contributed by atoms with Crippen molar-refractivity contribution in [2.75, 3.05) is 5.75 Å². The Hall–Kier alpha value is -1.12. The Labute approximate surface area is 172 Å². The van der Waals surface area contributed by atoms with E-state index < -0.39 is 0 Å². The Morgan fingerprint density at radius 1 is 1.38 bits per heavy atom. The van der Waals surface area contributed by atoms with Crippen molar-refractivity contribution in [3.05, 3.63) is 53.8 Å². The summed E-state index contributed by atoms with van der Waals surface area (Å²) in [6.45, 7) is 7.94. The number of Topliss-reactive ketones (excluding diaryl/α,β-unsaturated/α-hetero) is 1. The minimum Gasteiger partial charge on any atom is -0.293 e. The number of fused-ring (bicyclic) bond motifs is 1. The van der Waals surface area contributed by atoms with Crippen LogP contribution in [0.25, 0.3) is 10.2 Å². The number of carbonyl (C=O) groups is 1. The maximum Gasteiger partial charge on any atom is 0.263 e. The molecule has 0 unspecified atom stereocenters. The number of rotatable bonds is 6. The van der Waals surface area contributed by atoms with E-state index in [1.165, 1.54) is 23.1 Å². The van der Waals surface area contributed by atoms with E-state index in [4.69, 9.17) is 23.2 Å². The van der Waals surface area contributed by atoms with E-state index in [0.29, 0.717) is 36.2 Å². The number of ketones is 1. The van der Waals surface area contributed by atoms with E-state index in [9.17, 15) is 9.59 Å². The highest BCUT2D eigenvalue weighted by molar-refractivity contribution is 7.99. The molecule has 0 bridgehead atoms. The second kappa shape index (κ2) is 7.86. The molecule has 9 heteroatoms. The van der Waals surface area contributed by atoms with Gasteiger partial charge in [0.2, 0.25) is 0 Å². The van der Waals surface area contributed by atoms with E-state index in [0.717, 1.165) is 21.8 Å². The van der Waals surface area contributed by atoms with Crippen molar-refractivity contribution in [3.8, 4) is 0 Å². The number of allylic oxidation sites excluding steroid dienone is 1. The first-order valence-electron chi connectivity index (χ1n) is 7.55. The number of carbonyl (C=O) groups excluding carboxylic acids is 1. The fourth-order valence-electron chi connectivity index (χ4n) is 2.45. The van der Waals surface area contributed by atoms with Crippen LogP contribution < -0.4 is 5.56 Å². The topological polar surface area (TPSA) is 52.0 Å². The molecule has 0 aliphatic rings. The Morgan fingerprint density at radius 2 is 2.12 bits per heavy atom. The average molecular weight is 445 g/mol. The van der Waals surface area contributed by atoms with Gasteiger partial charge < -0.3 is 0 Å². The lowest BCUT2D eigenvalue weighted by molar-refractivity contribution is 0.102. The molecule has 3 aromatic rings. The largest absolute Gasteiger partial charge is 0.293 e. The number of hydrogen-bond acceptors (Lipinski definition) is 6. The van der Waals surface area contributed by atoms with Crippen LogP contribution in [-0.4, -0.2) is 21.1 Å². The van der Waals surface area contributed by atoms with E-state index in [2.05, 4.69) is 11.6 Å². The van der Waals surface area contributed by atoms with Crippen molar-refractivity contribution in [1.82, 2.24) is 9.55 Å². The van der Waals surface area contributed by atoms with E-state index in [-0.39, 0.29) is 17.1 Å². The van der Waals surface area contributed by atoms with Crippen molar-refractivity contribution in [1.29, 1.82) is 0 Å². The van der Waals surface area contributed by atoms with Crippen LogP contribution in [0, 0.1) is 13.8 Å². The molecule has 0 aromatic carbocycles. The summed E-state index contributed by atoms with van der Waals surface area (Å²) in [6.07, 6.45) is 1.64. The van der Waals surface area contributed by atoms with Gasteiger partial charge in [-0.15, -0.1) is 29.3 Å². The molecular weight excluding hydrogens is 431 g/mol. The summed E-state index contributed by atoms with van der Waals surface area (Å²) in [5.41, 5.74) is 1.24. The van der Waals surface area contributed by atoms with Gasteiger partial charge in [0.1, 0.15) is 9.17 Å². The van der Waals surface area contributed by atoms with Crippen LogP contribution in [0.15, 0.2) is 28.7 Å². The first-order valence-corrected chi connectivity index (χ1v) is 10.9. The lowest BCUT2D eigenvalue weighted by Gasteiger charge is -2.10. The highest BCUT2D eigenvalue weighted by Gasteiger charge is 2.19. The lowest BCUT2D eigenvalue weighted by Crippen LogP contribution is -2.23. The summed E-state index contributed by atoms with van der Waals surface area (Å²) in [6, 6.07) is 1.57.